The summed E-state index contributed by atoms with van der Waals surface area (Å²) >= 11 is 0. The number of nitrogens with one attached hydrogen (secondary N) is 1. The summed E-state index contributed by atoms with van der Waals surface area (Å²) in [6.07, 6.45) is 0. The molecule has 0 spiro atoms. The van der Waals surface area contributed by atoms with Gasteiger partial charge in [0.1, 0.15) is 11.2 Å². The third-order valence-corrected chi connectivity index (χ3v) is 5.12. The number of hydrogen-bond acceptors (Lipinski definition) is 2. The second-order valence-electron chi connectivity index (χ2n) is 6.71. The number of para-hydroxylation sites is 1. The van der Waals surface area contributed by atoms with E-state index in [0.717, 1.165) is 13.1 Å². The summed E-state index contributed by atoms with van der Waals surface area (Å²) in [7, 11) is 2.03. The summed E-state index contributed by atoms with van der Waals surface area (Å²) in [5.74, 6) is -2.92. The molecule has 2 aromatic carbocycles. The molecule has 0 aliphatic carbocycles. The number of aromatic nitrogens is 1. The molecule has 1 aliphatic rings. The molecule has 0 bridgehead atoms. The maximum absolute atomic E-state index is 15.2. The molecule has 130 valence electrons. The molecule has 25 heavy (non-hydrogen) atoms. The lowest BCUT2D eigenvalue weighted by molar-refractivity contribution is -0.880. The second kappa shape index (κ2) is 5.88. The number of hydrogen-bond donors (Lipinski definition) is 1. The molecule has 0 amide bonds. The van der Waals surface area contributed by atoms with E-state index in [0.29, 0.717) is 29.6 Å². The predicted molar refractivity (Wildman–Crippen MR) is 92.7 cm³/mol. The lowest BCUT2D eigenvalue weighted by Crippen LogP contribution is -3.12. The van der Waals surface area contributed by atoms with Gasteiger partial charge >= 0.3 is 0 Å². The van der Waals surface area contributed by atoms with Gasteiger partial charge in [-0.05, 0) is 18.6 Å². The van der Waals surface area contributed by atoms with Gasteiger partial charge in [0.2, 0.25) is 0 Å². The Kier molecular flexibility index (Phi) is 3.80. The van der Waals surface area contributed by atoms with Gasteiger partial charge in [0.15, 0.2) is 17.5 Å². The number of nitrogens with zero attached hydrogens (tertiary/aromatic N) is 2. The fourth-order valence-corrected chi connectivity index (χ4v) is 3.62. The number of anilines is 1. The zero-order valence-electron chi connectivity index (χ0n) is 14.2. The highest BCUT2D eigenvalue weighted by molar-refractivity contribution is 5.99. The number of rotatable bonds is 1. The largest absolute Gasteiger partial charge is 0.355 e. The highest BCUT2D eigenvalue weighted by atomic mass is 19.2. The highest BCUT2D eigenvalue weighted by Gasteiger charge is 2.29. The molecule has 1 N–H and O–H groups in total. The van der Waals surface area contributed by atoms with Gasteiger partial charge in [-0.25, -0.2) is 18.2 Å². The number of benzene rings is 2. The Labute approximate surface area is 143 Å². The average Bonchev–Trinajstić information content (AvgIpc) is 2.61. The molecule has 0 atom stereocenters. The minimum absolute atomic E-state index is 0.0720. The molecule has 3 aromatic rings. The normalized spacial score (nSPS) is 16.1. The Morgan fingerprint density at radius 1 is 1.00 bits per heavy atom. The quantitative estimate of drug-likeness (QED) is 0.540. The van der Waals surface area contributed by atoms with E-state index in [4.69, 9.17) is 0 Å². The molecule has 1 fully saturated rings. The Balaban J connectivity index is 2.01. The van der Waals surface area contributed by atoms with E-state index in [9.17, 15) is 8.78 Å². The molecule has 6 heteroatoms. The molecule has 3 nitrogen and oxygen atoms in total. The van der Waals surface area contributed by atoms with Crippen molar-refractivity contribution in [3.05, 3.63) is 47.3 Å². The molecule has 1 aromatic heterocycles. The van der Waals surface area contributed by atoms with E-state index >= 15 is 4.39 Å². The van der Waals surface area contributed by atoms with Gasteiger partial charge in [-0.15, -0.1) is 0 Å². The average molecular weight is 346 g/mol. The van der Waals surface area contributed by atoms with Crippen LogP contribution in [0.2, 0.25) is 0 Å². The standard InChI is InChI=1S/C19H18F3N3/c1-11-12-5-3-4-6-13(12)23-18-14(11)15(20)16(21)19(17(18)22)25-9-7-24(2)8-10-25/h3-6H,7-10H2,1-2H3/p+1. The van der Waals surface area contributed by atoms with Crippen LogP contribution in [0.25, 0.3) is 21.8 Å². The summed E-state index contributed by atoms with van der Waals surface area (Å²) < 4.78 is 44.8. The van der Waals surface area contributed by atoms with E-state index in [1.54, 1.807) is 36.1 Å². The zero-order valence-corrected chi connectivity index (χ0v) is 14.2. The summed E-state index contributed by atoms with van der Waals surface area (Å²) in [6.45, 7) is 4.15. The zero-order chi connectivity index (χ0) is 17.7. The summed E-state index contributed by atoms with van der Waals surface area (Å²) in [6, 6.07) is 7.13. The van der Waals surface area contributed by atoms with Crippen molar-refractivity contribution in [1.29, 1.82) is 0 Å². The first kappa shape index (κ1) is 16.1. The molecule has 1 aliphatic heterocycles. The Morgan fingerprint density at radius 3 is 2.40 bits per heavy atom. The van der Waals surface area contributed by atoms with Gasteiger partial charge in [-0.1, -0.05) is 18.2 Å². The first-order valence-electron chi connectivity index (χ1n) is 8.40. The van der Waals surface area contributed by atoms with Crippen LogP contribution in [-0.2, 0) is 0 Å². The van der Waals surface area contributed by atoms with Crippen LogP contribution < -0.4 is 9.80 Å². The van der Waals surface area contributed by atoms with Gasteiger partial charge in [0.25, 0.3) is 0 Å². The van der Waals surface area contributed by atoms with Gasteiger partial charge in [-0.3, -0.25) is 0 Å². The van der Waals surface area contributed by atoms with Crippen LogP contribution in [0.3, 0.4) is 0 Å². The number of pyridine rings is 1. The number of halogens is 3. The first-order chi connectivity index (χ1) is 12.0. The van der Waals surface area contributed by atoms with Crippen LogP contribution in [0.1, 0.15) is 5.56 Å². The van der Waals surface area contributed by atoms with E-state index in [1.165, 1.54) is 4.90 Å². The van der Waals surface area contributed by atoms with Crippen LogP contribution in [0.15, 0.2) is 24.3 Å². The molecule has 0 radical (unpaired) electrons. The Hall–Kier alpha value is -2.34. The molecular weight excluding hydrogens is 327 g/mol. The SMILES string of the molecule is Cc1c2ccccc2nc2c(F)c(N3CC[NH+](C)CC3)c(F)c(F)c12. The number of likely N-dealkylation sites (N-methyl/N-ethyl adjacent to an activating group) is 1. The van der Waals surface area contributed by atoms with Crippen LogP contribution in [0.4, 0.5) is 18.9 Å². The molecule has 0 saturated carbocycles. The van der Waals surface area contributed by atoms with Crippen LogP contribution in [0.5, 0.6) is 0 Å². The van der Waals surface area contributed by atoms with E-state index in [-0.39, 0.29) is 16.6 Å². The third kappa shape index (κ3) is 2.43. The highest BCUT2D eigenvalue weighted by Crippen LogP contribution is 2.36. The van der Waals surface area contributed by atoms with Gasteiger partial charge in [0, 0.05) is 10.8 Å². The van der Waals surface area contributed by atoms with E-state index in [2.05, 4.69) is 4.98 Å². The van der Waals surface area contributed by atoms with Gasteiger partial charge in [-0.2, -0.15) is 0 Å². The maximum Gasteiger partial charge on any atom is 0.185 e. The molecule has 4 rings (SSSR count). The minimum Gasteiger partial charge on any atom is -0.355 e. The van der Waals surface area contributed by atoms with Crippen LogP contribution in [0, 0.1) is 24.4 Å². The van der Waals surface area contributed by atoms with Crippen molar-refractivity contribution >= 4 is 27.5 Å². The van der Waals surface area contributed by atoms with Crippen molar-refractivity contribution in [2.45, 2.75) is 6.92 Å². The number of piperazine rings is 1. The lowest BCUT2D eigenvalue weighted by atomic mass is 10.0. The van der Waals surface area contributed by atoms with Crippen molar-refractivity contribution in [2.75, 3.05) is 38.1 Å². The van der Waals surface area contributed by atoms with Crippen molar-refractivity contribution in [2.24, 2.45) is 0 Å². The smallest absolute Gasteiger partial charge is 0.185 e. The topological polar surface area (TPSA) is 20.6 Å². The van der Waals surface area contributed by atoms with E-state index in [1.807, 2.05) is 7.05 Å². The van der Waals surface area contributed by atoms with Crippen LogP contribution in [-0.4, -0.2) is 38.2 Å². The Morgan fingerprint density at radius 2 is 1.68 bits per heavy atom. The summed E-state index contributed by atoms with van der Waals surface area (Å²) in [5.41, 5.74) is 0.688. The fraction of sp³-hybridized carbons (Fsp3) is 0.316. The molecule has 1 saturated heterocycles. The number of quaternary nitrogens is 1. The molecule has 0 unspecified atom stereocenters. The minimum atomic E-state index is -1.12. The lowest BCUT2D eigenvalue weighted by Gasteiger charge is -2.32. The Bertz CT molecular complexity index is 979. The summed E-state index contributed by atoms with van der Waals surface area (Å²) in [5, 5.41) is 0.626. The molecule has 2 heterocycles. The van der Waals surface area contributed by atoms with Gasteiger partial charge in [0.05, 0.1) is 38.7 Å². The van der Waals surface area contributed by atoms with Crippen molar-refractivity contribution < 1.29 is 18.1 Å². The number of aryl methyl sites for hydroxylation is 1. The third-order valence-electron chi connectivity index (χ3n) is 5.12. The summed E-state index contributed by atoms with van der Waals surface area (Å²) in [4.78, 5) is 7.18. The van der Waals surface area contributed by atoms with Gasteiger partial charge < -0.3 is 9.80 Å². The van der Waals surface area contributed by atoms with Crippen molar-refractivity contribution in [3.63, 3.8) is 0 Å². The fourth-order valence-electron chi connectivity index (χ4n) is 3.62. The first-order valence-corrected chi connectivity index (χ1v) is 8.40. The maximum atomic E-state index is 15.2. The predicted octanol–water partition coefficient (Wildman–Crippen LogP) is 2.45. The van der Waals surface area contributed by atoms with Crippen molar-refractivity contribution in [1.82, 2.24) is 4.98 Å². The van der Waals surface area contributed by atoms with Crippen LogP contribution >= 0.6 is 0 Å². The monoisotopic (exact) mass is 346 g/mol. The number of fused-ring (bicyclic) bond motifs is 2. The molecular formula is C19H19F3N3+. The van der Waals surface area contributed by atoms with Crippen molar-refractivity contribution in [3.8, 4) is 0 Å². The second-order valence-corrected chi connectivity index (χ2v) is 6.71. The van der Waals surface area contributed by atoms with E-state index < -0.39 is 17.5 Å².